The Morgan fingerprint density at radius 2 is 1.38 bits per heavy atom. The van der Waals surface area contributed by atoms with Gasteiger partial charge in [-0.15, -0.1) is 0 Å². The first-order chi connectivity index (χ1) is 11.6. The van der Waals surface area contributed by atoms with Gasteiger partial charge < -0.3 is 0 Å². The van der Waals surface area contributed by atoms with Gasteiger partial charge in [-0.05, 0) is 51.4 Å². The molecule has 0 atom stereocenters. The molecule has 0 saturated heterocycles. The van der Waals surface area contributed by atoms with Crippen LogP contribution in [0.4, 0.5) is 0 Å². The first-order valence-corrected chi connectivity index (χ1v) is 8.95. The number of rotatable bonds is 3. The molecule has 3 aromatic carbocycles. The third-order valence-corrected chi connectivity index (χ3v) is 5.39. The molecule has 0 nitrogen and oxygen atoms in total. The summed E-state index contributed by atoms with van der Waals surface area (Å²) in [6.45, 7) is 6.98. The van der Waals surface area contributed by atoms with Crippen molar-refractivity contribution in [3.8, 4) is 22.3 Å². The van der Waals surface area contributed by atoms with Crippen LogP contribution < -0.4 is 0 Å². The lowest BCUT2D eigenvalue weighted by Crippen LogP contribution is -2.15. The van der Waals surface area contributed by atoms with E-state index in [1.54, 1.807) is 0 Å². The molecule has 0 radical (unpaired) electrons. The van der Waals surface area contributed by atoms with Crippen LogP contribution >= 0.6 is 0 Å². The van der Waals surface area contributed by atoms with Gasteiger partial charge in [-0.3, -0.25) is 0 Å². The average Bonchev–Trinajstić information content (AvgIpc) is 2.83. The molecule has 0 fully saturated rings. The van der Waals surface area contributed by atoms with E-state index in [1.165, 1.54) is 45.4 Å². The second-order valence-electron chi connectivity index (χ2n) is 7.38. The Balaban J connectivity index is 1.86. The summed E-state index contributed by atoms with van der Waals surface area (Å²) in [4.78, 5) is 0. The van der Waals surface area contributed by atoms with Gasteiger partial charge in [-0.2, -0.15) is 0 Å². The molecule has 4 rings (SSSR count). The van der Waals surface area contributed by atoms with Crippen molar-refractivity contribution in [1.29, 1.82) is 0 Å². The summed E-state index contributed by atoms with van der Waals surface area (Å²) in [7, 11) is 0. The van der Waals surface area contributed by atoms with E-state index < -0.39 is 0 Å². The molecule has 0 bridgehead atoms. The lowest BCUT2D eigenvalue weighted by Gasteiger charge is -2.22. The molecule has 24 heavy (non-hydrogen) atoms. The summed E-state index contributed by atoms with van der Waals surface area (Å²) in [5.74, 6) is 0. The van der Waals surface area contributed by atoms with Gasteiger partial charge in [-0.25, -0.2) is 0 Å². The van der Waals surface area contributed by atoms with Crippen molar-refractivity contribution in [2.24, 2.45) is 0 Å². The molecule has 0 heterocycles. The molecule has 3 aromatic rings. The topological polar surface area (TPSA) is 0 Å². The van der Waals surface area contributed by atoms with Gasteiger partial charge in [0.15, 0.2) is 0 Å². The van der Waals surface area contributed by atoms with Crippen molar-refractivity contribution in [2.45, 2.75) is 39.0 Å². The Kier molecular flexibility index (Phi) is 3.57. The molecular formula is C24H24. The van der Waals surface area contributed by atoms with Crippen LogP contribution in [0.1, 0.15) is 43.9 Å². The van der Waals surface area contributed by atoms with Crippen molar-refractivity contribution in [2.75, 3.05) is 0 Å². The Morgan fingerprint density at radius 3 is 2.08 bits per heavy atom. The molecule has 0 amide bonds. The number of hydrogen-bond donors (Lipinski definition) is 0. The maximum absolute atomic E-state index is 2.43. The summed E-state index contributed by atoms with van der Waals surface area (Å²) >= 11 is 0. The quantitative estimate of drug-likeness (QED) is 0.510. The van der Waals surface area contributed by atoms with E-state index in [0.29, 0.717) is 0 Å². The van der Waals surface area contributed by atoms with Gasteiger partial charge in [0.2, 0.25) is 0 Å². The van der Waals surface area contributed by atoms with Crippen LogP contribution in [0, 0.1) is 0 Å². The Labute approximate surface area is 145 Å². The fraction of sp³-hybridized carbons (Fsp3) is 0.250. The average molecular weight is 312 g/mol. The van der Waals surface area contributed by atoms with Gasteiger partial charge in [-0.1, -0.05) is 87.9 Å². The normalized spacial score (nSPS) is 14.3. The van der Waals surface area contributed by atoms with E-state index in [-0.39, 0.29) is 5.41 Å². The van der Waals surface area contributed by atoms with Crippen molar-refractivity contribution in [3.05, 3.63) is 83.4 Å². The molecular weight excluding hydrogens is 288 g/mol. The predicted molar refractivity (Wildman–Crippen MR) is 103 cm³/mol. The Bertz CT molecular complexity index is 885. The number of hydrogen-bond acceptors (Lipinski definition) is 0. The van der Waals surface area contributed by atoms with Crippen molar-refractivity contribution in [1.82, 2.24) is 0 Å². The fourth-order valence-electron chi connectivity index (χ4n) is 4.04. The fourth-order valence-corrected chi connectivity index (χ4v) is 4.04. The van der Waals surface area contributed by atoms with Gasteiger partial charge >= 0.3 is 0 Å². The van der Waals surface area contributed by atoms with Crippen LogP contribution in [0.25, 0.3) is 22.3 Å². The SMILES string of the molecule is CCCc1ccc2c(c1)C(C)(C)c1cc(-c3ccccc3)ccc1-2. The van der Waals surface area contributed by atoms with E-state index in [0.717, 1.165) is 6.42 Å². The zero-order valence-corrected chi connectivity index (χ0v) is 14.8. The van der Waals surface area contributed by atoms with E-state index in [4.69, 9.17) is 0 Å². The summed E-state index contributed by atoms with van der Waals surface area (Å²) in [6.07, 6.45) is 2.36. The Morgan fingerprint density at radius 1 is 0.708 bits per heavy atom. The highest BCUT2D eigenvalue weighted by Crippen LogP contribution is 2.49. The third kappa shape index (κ3) is 2.29. The van der Waals surface area contributed by atoms with E-state index in [1.807, 2.05) is 0 Å². The van der Waals surface area contributed by atoms with Crippen LogP contribution in [0.15, 0.2) is 66.7 Å². The van der Waals surface area contributed by atoms with E-state index >= 15 is 0 Å². The van der Waals surface area contributed by atoms with Gasteiger partial charge in [0.1, 0.15) is 0 Å². The van der Waals surface area contributed by atoms with Crippen LogP contribution in [-0.4, -0.2) is 0 Å². The summed E-state index contributed by atoms with van der Waals surface area (Å²) in [5, 5.41) is 0. The van der Waals surface area contributed by atoms with E-state index in [2.05, 4.69) is 87.5 Å². The first kappa shape index (κ1) is 15.2. The summed E-state index contributed by atoms with van der Waals surface area (Å²) in [6, 6.07) is 24.7. The number of aryl methyl sites for hydroxylation is 1. The maximum atomic E-state index is 2.43. The second-order valence-corrected chi connectivity index (χ2v) is 7.38. The highest BCUT2D eigenvalue weighted by molar-refractivity contribution is 5.83. The molecule has 1 aliphatic rings. The zero-order valence-electron chi connectivity index (χ0n) is 14.8. The minimum Gasteiger partial charge on any atom is -0.0651 e. The first-order valence-electron chi connectivity index (χ1n) is 8.95. The molecule has 0 heteroatoms. The number of benzene rings is 3. The summed E-state index contributed by atoms with van der Waals surface area (Å²) in [5.41, 5.74) is 9.87. The standard InChI is InChI=1S/C24H24/c1-4-8-17-11-13-20-21-14-12-19(18-9-6-5-7-10-18)16-23(21)24(2,3)22(20)15-17/h5-7,9-16H,4,8H2,1-3H3. The second kappa shape index (κ2) is 5.63. The van der Waals surface area contributed by atoms with Crippen LogP contribution in [-0.2, 0) is 11.8 Å². The van der Waals surface area contributed by atoms with Crippen LogP contribution in [0.5, 0.6) is 0 Å². The molecule has 0 unspecified atom stereocenters. The smallest absolute Gasteiger partial charge is 0.0159 e. The zero-order chi connectivity index (χ0) is 16.7. The van der Waals surface area contributed by atoms with Crippen molar-refractivity contribution >= 4 is 0 Å². The number of fused-ring (bicyclic) bond motifs is 3. The van der Waals surface area contributed by atoms with Gasteiger partial charge in [0, 0.05) is 5.41 Å². The predicted octanol–water partition coefficient (Wildman–Crippen LogP) is 6.61. The largest absolute Gasteiger partial charge is 0.0651 e. The van der Waals surface area contributed by atoms with Gasteiger partial charge in [0.05, 0.1) is 0 Å². The summed E-state index contributed by atoms with van der Waals surface area (Å²) < 4.78 is 0. The highest BCUT2D eigenvalue weighted by Gasteiger charge is 2.35. The minimum atomic E-state index is 0.0687. The van der Waals surface area contributed by atoms with Crippen LogP contribution in [0.2, 0.25) is 0 Å². The lowest BCUT2D eigenvalue weighted by atomic mass is 9.81. The van der Waals surface area contributed by atoms with Crippen molar-refractivity contribution < 1.29 is 0 Å². The molecule has 0 N–H and O–H groups in total. The molecule has 0 aliphatic heterocycles. The Hall–Kier alpha value is -2.34. The molecule has 0 saturated carbocycles. The van der Waals surface area contributed by atoms with Gasteiger partial charge in [0.25, 0.3) is 0 Å². The van der Waals surface area contributed by atoms with Crippen LogP contribution in [0.3, 0.4) is 0 Å². The maximum Gasteiger partial charge on any atom is 0.0159 e. The monoisotopic (exact) mass is 312 g/mol. The molecule has 0 aromatic heterocycles. The van der Waals surface area contributed by atoms with Crippen molar-refractivity contribution in [3.63, 3.8) is 0 Å². The minimum absolute atomic E-state index is 0.0687. The third-order valence-electron chi connectivity index (χ3n) is 5.39. The van der Waals surface area contributed by atoms with E-state index in [9.17, 15) is 0 Å². The molecule has 0 spiro atoms. The molecule has 1 aliphatic carbocycles. The lowest BCUT2D eigenvalue weighted by molar-refractivity contribution is 0.659. The highest BCUT2D eigenvalue weighted by atomic mass is 14.4. The molecule has 120 valence electrons.